The summed E-state index contributed by atoms with van der Waals surface area (Å²) in [5.74, 6) is 0. The van der Waals surface area contributed by atoms with Gasteiger partial charge in [-0.05, 0) is 30.7 Å². The van der Waals surface area contributed by atoms with Crippen LogP contribution >= 0.6 is 0 Å². The number of hydrogen-bond donors (Lipinski definition) is 3. The first-order valence-electron chi connectivity index (χ1n) is 7.09. The number of imidazole rings is 1. The minimum Gasteiger partial charge on any atom is -0.306 e. The molecule has 0 aliphatic rings. The van der Waals surface area contributed by atoms with Crippen molar-refractivity contribution in [2.24, 2.45) is 0 Å². The zero-order valence-corrected chi connectivity index (χ0v) is 13.5. The standard InChI is InChI=1S/C16H14N4O3S/c1-10-2-4-11(5-3-10)15(9-17)20-24(22,23)12-6-7-13-14(8-12)19-16(21)18-13/h2-8,15,20H,1H3,(H2,18,19,21). The molecule has 0 aliphatic carbocycles. The zero-order chi connectivity index (χ0) is 17.3. The van der Waals surface area contributed by atoms with Crippen molar-refractivity contribution in [1.29, 1.82) is 5.26 Å². The zero-order valence-electron chi connectivity index (χ0n) is 12.7. The quantitative estimate of drug-likeness (QED) is 0.668. The SMILES string of the molecule is Cc1ccc(C(C#N)NS(=O)(=O)c2ccc3[nH]c(=O)[nH]c3c2)cc1. The third kappa shape index (κ3) is 3.08. The molecule has 1 unspecified atom stereocenters. The molecule has 3 rings (SSSR count). The second-order valence-corrected chi connectivity index (χ2v) is 7.09. The van der Waals surface area contributed by atoms with Gasteiger partial charge in [0.05, 0.1) is 22.0 Å². The molecule has 0 spiro atoms. The molecular formula is C16H14N4O3S. The number of fused-ring (bicyclic) bond motifs is 1. The second kappa shape index (κ2) is 5.96. The highest BCUT2D eigenvalue weighted by atomic mass is 32.2. The van der Waals surface area contributed by atoms with Crippen LogP contribution in [0.3, 0.4) is 0 Å². The van der Waals surface area contributed by atoms with E-state index in [1.807, 2.05) is 25.1 Å². The molecule has 3 aromatic rings. The molecule has 3 N–H and O–H groups in total. The lowest BCUT2D eigenvalue weighted by Gasteiger charge is -2.13. The van der Waals surface area contributed by atoms with E-state index in [-0.39, 0.29) is 4.90 Å². The first kappa shape index (κ1) is 16.0. The van der Waals surface area contributed by atoms with Crippen molar-refractivity contribution in [3.8, 4) is 6.07 Å². The number of nitrogens with zero attached hydrogens (tertiary/aromatic N) is 1. The van der Waals surface area contributed by atoms with E-state index in [1.54, 1.807) is 12.1 Å². The number of aromatic nitrogens is 2. The van der Waals surface area contributed by atoms with Gasteiger partial charge in [-0.25, -0.2) is 13.2 Å². The number of hydrogen-bond acceptors (Lipinski definition) is 4. The lowest BCUT2D eigenvalue weighted by Crippen LogP contribution is -2.27. The Morgan fingerprint density at radius 3 is 2.42 bits per heavy atom. The van der Waals surface area contributed by atoms with E-state index in [0.29, 0.717) is 16.6 Å². The number of aromatic amines is 2. The summed E-state index contributed by atoms with van der Waals surface area (Å²) in [5, 5.41) is 9.30. The molecular weight excluding hydrogens is 328 g/mol. The summed E-state index contributed by atoms with van der Waals surface area (Å²) in [7, 11) is -3.92. The second-order valence-electron chi connectivity index (χ2n) is 5.38. The highest BCUT2D eigenvalue weighted by Crippen LogP contribution is 2.19. The van der Waals surface area contributed by atoms with Crippen LogP contribution in [0, 0.1) is 18.3 Å². The predicted molar refractivity (Wildman–Crippen MR) is 88.8 cm³/mol. The molecule has 7 nitrogen and oxygen atoms in total. The monoisotopic (exact) mass is 342 g/mol. The summed E-state index contributed by atoms with van der Waals surface area (Å²) < 4.78 is 27.4. The molecule has 1 aromatic heterocycles. The molecule has 0 saturated carbocycles. The normalized spacial score (nSPS) is 12.8. The van der Waals surface area contributed by atoms with Gasteiger partial charge in [-0.15, -0.1) is 0 Å². The van der Waals surface area contributed by atoms with Crippen molar-refractivity contribution in [3.63, 3.8) is 0 Å². The lowest BCUT2D eigenvalue weighted by atomic mass is 10.1. The van der Waals surface area contributed by atoms with Gasteiger partial charge in [0.25, 0.3) is 0 Å². The fraction of sp³-hybridized carbons (Fsp3) is 0.125. The number of rotatable bonds is 4. The Morgan fingerprint density at radius 1 is 1.08 bits per heavy atom. The van der Waals surface area contributed by atoms with E-state index in [9.17, 15) is 18.5 Å². The van der Waals surface area contributed by atoms with Crippen molar-refractivity contribution in [2.45, 2.75) is 17.9 Å². The third-order valence-electron chi connectivity index (χ3n) is 3.61. The van der Waals surface area contributed by atoms with Gasteiger partial charge in [0.2, 0.25) is 10.0 Å². The molecule has 0 amide bonds. The Labute approximate surface area is 138 Å². The van der Waals surface area contributed by atoms with Gasteiger partial charge in [0.1, 0.15) is 6.04 Å². The summed E-state index contributed by atoms with van der Waals surface area (Å²) in [6, 6.07) is 12.2. The lowest BCUT2D eigenvalue weighted by molar-refractivity contribution is 0.575. The van der Waals surface area contributed by atoms with Crippen LogP contribution in [0.1, 0.15) is 17.2 Å². The number of nitrogens with one attached hydrogen (secondary N) is 3. The number of nitriles is 1. The number of H-pyrrole nitrogens is 2. The van der Waals surface area contributed by atoms with Crippen molar-refractivity contribution in [1.82, 2.24) is 14.7 Å². The summed E-state index contributed by atoms with van der Waals surface area (Å²) >= 11 is 0. The fourth-order valence-electron chi connectivity index (χ4n) is 2.33. The minimum atomic E-state index is -3.92. The largest absolute Gasteiger partial charge is 0.323 e. The average molecular weight is 342 g/mol. The predicted octanol–water partition coefficient (Wildman–Crippen LogP) is 1.71. The van der Waals surface area contributed by atoms with Crippen LogP contribution < -0.4 is 10.4 Å². The number of sulfonamides is 1. The van der Waals surface area contributed by atoms with Crippen LogP contribution in [0.2, 0.25) is 0 Å². The molecule has 1 atom stereocenters. The number of aryl methyl sites for hydroxylation is 1. The maximum Gasteiger partial charge on any atom is 0.323 e. The van der Waals surface area contributed by atoms with Gasteiger partial charge in [-0.3, -0.25) is 0 Å². The molecule has 8 heteroatoms. The Morgan fingerprint density at radius 2 is 1.75 bits per heavy atom. The molecule has 0 aliphatic heterocycles. The number of benzene rings is 2. The van der Waals surface area contributed by atoms with E-state index in [4.69, 9.17) is 0 Å². The van der Waals surface area contributed by atoms with Crippen molar-refractivity contribution < 1.29 is 8.42 Å². The van der Waals surface area contributed by atoms with Crippen molar-refractivity contribution >= 4 is 21.1 Å². The van der Waals surface area contributed by atoms with Crippen LogP contribution in [0.25, 0.3) is 11.0 Å². The summed E-state index contributed by atoms with van der Waals surface area (Å²) in [5.41, 5.74) is 2.05. The molecule has 0 radical (unpaired) electrons. The van der Waals surface area contributed by atoms with E-state index >= 15 is 0 Å². The summed E-state index contributed by atoms with van der Waals surface area (Å²) in [6.45, 7) is 1.90. The molecule has 0 bridgehead atoms. The van der Waals surface area contributed by atoms with E-state index in [1.165, 1.54) is 18.2 Å². The van der Waals surface area contributed by atoms with Crippen LogP contribution in [-0.4, -0.2) is 18.4 Å². The summed E-state index contributed by atoms with van der Waals surface area (Å²) in [6.07, 6.45) is 0. The molecule has 1 heterocycles. The van der Waals surface area contributed by atoms with Crippen molar-refractivity contribution in [3.05, 3.63) is 64.1 Å². The smallest absolute Gasteiger partial charge is 0.306 e. The van der Waals surface area contributed by atoms with Crippen LogP contribution in [0.4, 0.5) is 0 Å². The van der Waals surface area contributed by atoms with E-state index in [0.717, 1.165) is 5.56 Å². The Kier molecular flexibility index (Phi) is 3.97. The van der Waals surface area contributed by atoms with Crippen LogP contribution in [0.15, 0.2) is 52.2 Å². The van der Waals surface area contributed by atoms with Gasteiger partial charge in [0.15, 0.2) is 0 Å². The van der Waals surface area contributed by atoms with E-state index in [2.05, 4.69) is 14.7 Å². The van der Waals surface area contributed by atoms with Gasteiger partial charge in [-0.1, -0.05) is 29.8 Å². The van der Waals surface area contributed by atoms with Crippen LogP contribution in [-0.2, 0) is 10.0 Å². The molecule has 122 valence electrons. The first-order valence-corrected chi connectivity index (χ1v) is 8.58. The van der Waals surface area contributed by atoms with Gasteiger partial charge in [-0.2, -0.15) is 9.98 Å². The molecule has 2 aromatic carbocycles. The Balaban J connectivity index is 1.94. The van der Waals surface area contributed by atoms with Crippen molar-refractivity contribution in [2.75, 3.05) is 0 Å². The maximum atomic E-state index is 12.5. The molecule has 0 fully saturated rings. The Bertz CT molecular complexity index is 1090. The highest BCUT2D eigenvalue weighted by molar-refractivity contribution is 7.89. The maximum absolute atomic E-state index is 12.5. The minimum absolute atomic E-state index is 0.0300. The molecule has 0 saturated heterocycles. The average Bonchev–Trinajstić information content (AvgIpc) is 2.92. The van der Waals surface area contributed by atoms with Crippen LogP contribution in [0.5, 0.6) is 0 Å². The summed E-state index contributed by atoms with van der Waals surface area (Å²) in [4.78, 5) is 16.3. The van der Waals surface area contributed by atoms with Gasteiger partial charge in [0, 0.05) is 0 Å². The third-order valence-corrected chi connectivity index (χ3v) is 5.03. The fourth-order valence-corrected chi connectivity index (χ4v) is 3.49. The van der Waals surface area contributed by atoms with Gasteiger partial charge < -0.3 is 9.97 Å². The first-order chi connectivity index (χ1) is 11.4. The topological polar surface area (TPSA) is 119 Å². The molecule has 24 heavy (non-hydrogen) atoms. The Hall–Kier alpha value is -2.89. The van der Waals surface area contributed by atoms with E-state index < -0.39 is 21.8 Å². The van der Waals surface area contributed by atoms with Gasteiger partial charge >= 0.3 is 5.69 Å². The highest BCUT2D eigenvalue weighted by Gasteiger charge is 2.21.